The van der Waals surface area contributed by atoms with Crippen molar-refractivity contribution in [3.8, 4) is 0 Å². The third-order valence-corrected chi connectivity index (χ3v) is 4.34. The lowest BCUT2D eigenvalue weighted by atomic mass is 10.1. The van der Waals surface area contributed by atoms with Crippen molar-refractivity contribution < 1.29 is 14.3 Å². The normalized spacial score (nSPS) is 10.9. The van der Waals surface area contributed by atoms with Crippen molar-refractivity contribution in [3.63, 3.8) is 0 Å². The highest BCUT2D eigenvalue weighted by Crippen LogP contribution is 2.12. The fourth-order valence-corrected chi connectivity index (χ4v) is 2.75. The number of pyridine rings is 1. The molecule has 0 radical (unpaired) electrons. The predicted octanol–water partition coefficient (Wildman–Crippen LogP) is 3.57. The van der Waals surface area contributed by atoms with Gasteiger partial charge in [0.25, 0.3) is 5.91 Å². The minimum Gasteiger partial charge on any atom is -0.465 e. The molecule has 0 spiro atoms. The first-order chi connectivity index (χ1) is 14.6. The minimum atomic E-state index is -0.446. The average molecular weight is 402 g/mol. The highest BCUT2D eigenvalue weighted by molar-refractivity contribution is 6.10. The summed E-state index contributed by atoms with van der Waals surface area (Å²) in [5, 5.41) is 5.91. The van der Waals surface area contributed by atoms with E-state index < -0.39 is 5.97 Å². The van der Waals surface area contributed by atoms with Gasteiger partial charge in [-0.2, -0.15) is 0 Å². The van der Waals surface area contributed by atoms with Gasteiger partial charge in [0.05, 0.1) is 19.2 Å². The Morgan fingerprint density at radius 2 is 1.80 bits per heavy atom. The molecule has 30 heavy (non-hydrogen) atoms. The lowest BCUT2D eigenvalue weighted by molar-refractivity contribution is 0.0600. The van der Waals surface area contributed by atoms with Gasteiger partial charge in [-0.3, -0.25) is 15.1 Å². The molecule has 0 atom stereocenters. The Kier molecular flexibility index (Phi) is 6.89. The van der Waals surface area contributed by atoms with Crippen LogP contribution in [0.1, 0.15) is 31.8 Å². The summed E-state index contributed by atoms with van der Waals surface area (Å²) in [6.07, 6.45) is 3.37. The number of hydrogen-bond donors (Lipinski definition) is 2. The molecular weight excluding hydrogens is 380 g/mol. The molecule has 0 bridgehead atoms. The van der Waals surface area contributed by atoms with Crippen molar-refractivity contribution in [1.29, 1.82) is 0 Å². The van der Waals surface area contributed by atoms with E-state index in [2.05, 4.69) is 20.6 Å². The fraction of sp³-hybridized carbons (Fsp3) is 0.130. The summed E-state index contributed by atoms with van der Waals surface area (Å²) in [4.78, 5) is 33.1. The summed E-state index contributed by atoms with van der Waals surface area (Å²) in [6, 6.07) is 17.8. The fourth-order valence-electron chi connectivity index (χ4n) is 2.75. The van der Waals surface area contributed by atoms with Gasteiger partial charge in [-0.1, -0.05) is 24.3 Å². The SMILES string of the molecule is COC(=O)c1cccc(NC(=NCc2ccncc2)NC(=O)c2ccccc2C)c1. The average Bonchev–Trinajstić information content (AvgIpc) is 2.78. The Labute approximate surface area is 174 Å². The van der Waals surface area contributed by atoms with Crippen molar-refractivity contribution in [3.05, 3.63) is 95.3 Å². The molecule has 0 saturated carbocycles. The van der Waals surface area contributed by atoms with Gasteiger partial charge in [0.2, 0.25) is 5.96 Å². The number of esters is 1. The number of nitrogens with zero attached hydrogens (tertiary/aromatic N) is 2. The number of amides is 1. The number of aliphatic imine (C=N–C) groups is 1. The van der Waals surface area contributed by atoms with Crippen molar-refractivity contribution in [2.45, 2.75) is 13.5 Å². The van der Waals surface area contributed by atoms with E-state index in [9.17, 15) is 9.59 Å². The summed E-state index contributed by atoms with van der Waals surface area (Å²) >= 11 is 0. The van der Waals surface area contributed by atoms with Crippen LogP contribution < -0.4 is 10.6 Å². The monoisotopic (exact) mass is 402 g/mol. The molecular formula is C23H22N4O3. The first kappa shape index (κ1) is 20.7. The Bertz CT molecular complexity index is 1060. The Hall–Kier alpha value is -4.00. The van der Waals surface area contributed by atoms with Crippen LogP contribution >= 0.6 is 0 Å². The van der Waals surface area contributed by atoms with Crippen LogP contribution in [0.25, 0.3) is 0 Å². The number of aromatic nitrogens is 1. The summed E-state index contributed by atoms with van der Waals surface area (Å²) in [6.45, 7) is 2.21. The number of rotatable bonds is 5. The van der Waals surface area contributed by atoms with Gasteiger partial charge in [-0.05, 0) is 54.4 Å². The minimum absolute atomic E-state index is 0.266. The molecule has 1 aromatic heterocycles. The molecule has 2 N–H and O–H groups in total. The van der Waals surface area contributed by atoms with E-state index in [4.69, 9.17) is 4.74 Å². The van der Waals surface area contributed by atoms with Crippen LogP contribution in [0.5, 0.6) is 0 Å². The number of aryl methyl sites for hydroxylation is 1. The van der Waals surface area contributed by atoms with Gasteiger partial charge >= 0.3 is 5.97 Å². The second kappa shape index (κ2) is 9.97. The third-order valence-electron chi connectivity index (χ3n) is 4.34. The summed E-state index contributed by atoms with van der Waals surface area (Å²) < 4.78 is 4.76. The molecule has 1 amide bonds. The number of anilines is 1. The quantitative estimate of drug-likeness (QED) is 0.387. The molecule has 0 aliphatic rings. The van der Waals surface area contributed by atoms with E-state index in [1.54, 1.807) is 42.7 Å². The van der Waals surface area contributed by atoms with Crippen LogP contribution in [-0.2, 0) is 11.3 Å². The maximum Gasteiger partial charge on any atom is 0.337 e. The number of guanidine groups is 1. The van der Waals surface area contributed by atoms with Gasteiger partial charge in [-0.25, -0.2) is 9.79 Å². The molecule has 7 nitrogen and oxygen atoms in total. The van der Waals surface area contributed by atoms with E-state index >= 15 is 0 Å². The molecule has 3 aromatic rings. The first-order valence-electron chi connectivity index (χ1n) is 9.32. The molecule has 0 saturated heterocycles. The number of hydrogen-bond acceptors (Lipinski definition) is 5. The van der Waals surface area contributed by atoms with Gasteiger partial charge in [0, 0.05) is 23.6 Å². The maximum absolute atomic E-state index is 12.8. The van der Waals surface area contributed by atoms with Gasteiger partial charge in [0.1, 0.15) is 0 Å². The highest BCUT2D eigenvalue weighted by Gasteiger charge is 2.12. The van der Waals surface area contributed by atoms with Gasteiger partial charge < -0.3 is 10.1 Å². The van der Waals surface area contributed by atoms with Gasteiger partial charge in [0.15, 0.2) is 0 Å². The topological polar surface area (TPSA) is 92.7 Å². The third kappa shape index (κ3) is 5.51. The van der Waals surface area contributed by atoms with E-state index in [1.165, 1.54) is 7.11 Å². The van der Waals surface area contributed by atoms with Crippen LogP contribution in [0.4, 0.5) is 5.69 Å². The van der Waals surface area contributed by atoms with Crippen molar-refractivity contribution >= 4 is 23.5 Å². The molecule has 0 fully saturated rings. The Morgan fingerprint density at radius 3 is 2.53 bits per heavy atom. The summed E-state index contributed by atoms with van der Waals surface area (Å²) in [5.41, 5.74) is 3.34. The van der Waals surface area contributed by atoms with E-state index in [0.29, 0.717) is 23.4 Å². The molecule has 0 aliphatic carbocycles. The summed E-state index contributed by atoms with van der Waals surface area (Å²) in [7, 11) is 1.33. The second-order valence-corrected chi connectivity index (χ2v) is 6.49. The molecule has 0 aliphatic heterocycles. The standard InChI is InChI=1S/C23H22N4O3/c1-16-6-3-4-9-20(16)21(28)27-23(25-15-17-10-12-24-13-11-17)26-19-8-5-7-18(14-19)22(29)30-2/h3-14H,15H2,1-2H3,(H2,25,26,27,28). The van der Waals surface area contributed by atoms with E-state index in [1.807, 2.05) is 37.3 Å². The molecule has 2 aromatic carbocycles. The van der Waals surface area contributed by atoms with Gasteiger partial charge in [-0.15, -0.1) is 0 Å². The number of methoxy groups -OCH3 is 1. The highest BCUT2D eigenvalue weighted by atomic mass is 16.5. The van der Waals surface area contributed by atoms with E-state index in [-0.39, 0.29) is 11.9 Å². The lowest BCUT2D eigenvalue weighted by Gasteiger charge is -2.13. The number of ether oxygens (including phenoxy) is 1. The predicted molar refractivity (Wildman–Crippen MR) is 115 cm³/mol. The van der Waals surface area contributed by atoms with Crippen LogP contribution in [0.2, 0.25) is 0 Å². The lowest BCUT2D eigenvalue weighted by Crippen LogP contribution is -2.36. The Morgan fingerprint density at radius 1 is 1.03 bits per heavy atom. The van der Waals surface area contributed by atoms with Crippen LogP contribution in [0.3, 0.4) is 0 Å². The largest absolute Gasteiger partial charge is 0.465 e. The Balaban J connectivity index is 1.85. The van der Waals surface area contributed by atoms with Crippen molar-refractivity contribution in [2.24, 2.45) is 4.99 Å². The zero-order valence-electron chi connectivity index (χ0n) is 16.8. The molecule has 152 valence electrons. The van der Waals surface area contributed by atoms with Crippen molar-refractivity contribution in [2.75, 3.05) is 12.4 Å². The maximum atomic E-state index is 12.8. The molecule has 7 heteroatoms. The molecule has 1 heterocycles. The molecule has 0 unspecified atom stereocenters. The van der Waals surface area contributed by atoms with Crippen LogP contribution in [0, 0.1) is 6.92 Å². The van der Waals surface area contributed by atoms with E-state index in [0.717, 1.165) is 11.1 Å². The van der Waals surface area contributed by atoms with Crippen molar-refractivity contribution in [1.82, 2.24) is 10.3 Å². The first-order valence-corrected chi connectivity index (χ1v) is 9.32. The second-order valence-electron chi connectivity index (χ2n) is 6.49. The number of nitrogens with one attached hydrogen (secondary N) is 2. The summed E-state index contributed by atoms with van der Waals surface area (Å²) in [5.74, 6) is -0.460. The smallest absolute Gasteiger partial charge is 0.337 e. The van der Waals surface area contributed by atoms with Crippen LogP contribution in [-0.4, -0.2) is 29.9 Å². The number of carbonyl (C=O) groups excluding carboxylic acids is 2. The molecule has 3 rings (SSSR count). The number of carbonyl (C=O) groups is 2. The zero-order chi connectivity index (χ0) is 21.3. The number of benzene rings is 2. The zero-order valence-corrected chi connectivity index (χ0v) is 16.8. The van der Waals surface area contributed by atoms with Crippen LogP contribution in [0.15, 0.2) is 78.0 Å².